The average molecular weight is 526 g/mol. The van der Waals surface area contributed by atoms with Crippen LogP contribution in [0.5, 0.6) is 0 Å². The number of hydrogen-bond acceptors (Lipinski definition) is 5. The van der Waals surface area contributed by atoms with Gasteiger partial charge in [0.05, 0.1) is 30.5 Å². The molecule has 1 aliphatic heterocycles. The fourth-order valence-electron chi connectivity index (χ4n) is 5.21. The lowest BCUT2D eigenvalue weighted by Crippen LogP contribution is -2.29. The number of hydrogen-bond donors (Lipinski definition) is 1. The van der Waals surface area contributed by atoms with Crippen LogP contribution in [-0.2, 0) is 4.74 Å². The van der Waals surface area contributed by atoms with Gasteiger partial charge in [0.15, 0.2) is 5.11 Å². The van der Waals surface area contributed by atoms with Gasteiger partial charge in [0.2, 0.25) is 0 Å². The monoisotopic (exact) mass is 525 g/mol. The molecule has 2 aromatic heterocycles. The molecule has 1 fully saturated rings. The summed E-state index contributed by atoms with van der Waals surface area (Å²) in [5, 5.41) is 4.21. The second kappa shape index (κ2) is 10.3. The van der Waals surface area contributed by atoms with Crippen molar-refractivity contribution in [3.05, 3.63) is 107 Å². The number of carbonyl (C=O) groups is 1. The molecule has 0 amide bonds. The highest BCUT2D eigenvalue weighted by Crippen LogP contribution is 2.44. The Morgan fingerprint density at radius 3 is 2.29 bits per heavy atom. The highest BCUT2D eigenvalue weighted by Gasteiger charge is 2.42. The molecule has 38 heavy (non-hydrogen) atoms. The summed E-state index contributed by atoms with van der Waals surface area (Å²) < 4.78 is 7.07. The van der Waals surface area contributed by atoms with Gasteiger partial charge in [0, 0.05) is 48.7 Å². The van der Waals surface area contributed by atoms with Gasteiger partial charge < -0.3 is 24.4 Å². The van der Waals surface area contributed by atoms with E-state index in [1.54, 1.807) is 12.1 Å². The number of anilines is 2. The Balaban J connectivity index is 1.61. The molecule has 7 nitrogen and oxygen atoms in total. The number of pyridine rings is 1. The summed E-state index contributed by atoms with van der Waals surface area (Å²) in [5.41, 5.74) is 7.90. The SMILES string of the molecule is COC(=O)c1ccc(-n2c(C)cc([C@H]3[C@H](c4ccccn4)NC(=S)N3c3ccc(N(C)C)cc3)c2C)cc1. The fraction of sp³-hybridized carbons (Fsp3) is 0.233. The number of thiocarbonyl (C=S) groups is 1. The Morgan fingerprint density at radius 1 is 1.00 bits per heavy atom. The van der Waals surface area contributed by atoms with Crippen LogP contribution in [0.25, 0.3) is 5.69 Å². The van der Waals surface area contributed by atoms with E-state index in [1.165, 1.54) is 7.11 Å². The van der Waals surface area contributed by atoms with Crippen molar-refractivity contribution < 1.29 is 9.53 Å². The molecule has 0 saturated carbocycles. The third-order valence-electron chi connectivity index (χ3n) is 7.08. The Bertz CT molecular complexity index is 1460. The van der Waals surface area contributed by atoms with Crippen LogP contribution in [0.4, 0.5) is 11.4 Å². The van der Waals surface area contributed by atoms with Gasteiger partial charge in [-0.3, -0.25) is 4.98 Å². The number of aryl methyl sites for hydroxylation is 1. The molecule has 0 spiro atoms. The van der Waals surface area contributed by atoms with Crippen LogP contribution in [-0.4, -0.2) is 41.8 Å². The number of aromatic nitrogens is 2. The van der Waals surface area contributed by atoms with Crippen LogP contribution in [0.2, 0.25) is 0 Å². The molecule has 2 atom stereocenters. The van der Waals surface area contributed by atoms with E-state index >= 15 is 0 Å². The lowest BCUT2D eigenvalue weighted by Gasteiger charge is -2.28. The maximum Gasteiger partial charge on any atom is 0.337 e. The van der Waals surface area contributed by atoms with Crippen molar-refractivity contribution in [1.29, 1.82) is 0 Å². The number of carbonyl (C=O) groups excluding carboxylic acids is 1. The van der Waals surface area contributed by atoms with Crippen LogP contribution in [0.3, 0.4) is 0 Å². The third kappa shape index (κ3) is 4.52. The first-order valence-electron chi connectivity index (χ1n) is 12.5. The largest absolute Gasteiger partial charge is 0.465 e. The molecule has 2 aromatic carbocycles. The molecule has 4 aromatic rings. The van der Waals surface area contributed by atoms with Crippen molar-refractivity contribution in [3.8, 4) is 5.69 Å². The predicted octanol–water partition coefficient (Wildman–Crippen LogP) is 5.52. The molecule has 0 bridgehead atoms. The molecule has 1 saturated heterocycles. The first-order chi connectivity index (χ1) is 18.3. The maximum absolute atomic E-state index is 11.9. The van der Waals surface area contributed by atoms with Crippen LogP contribution in [0, 0.1) is 13.8 Å². The standard InChI is InChI=1S/C30H31N5O2S/c1-19-18-25(20(2)34(19)23-11-9-21(10-12-23)29(36)37-5)28-27(26-8-6-7-17-31-26)32-30(38)35(28)24-15-13-22(14-16-24)33(3)4/h6-18,27-28H,1-5H3,(H,32,38)/t27-,28-/m0/s1. The number of methoxy groups -OCH3 is 1. The predicted molar refractivity (Wildman–Crippen MR) is 155 cm³/mol. The van der Waals surface area contributed by atoms with Crippen molar-refractivity contribution in [2.75, 3.05) is 31.0 Å². The zero-order valence-electron chi connectivity index (χ0n) is 22.2. The summed E-state index contributed by atoms with van der Waals surface area (Å²) in [6.45, 7) is 4.22. The van der Waals surface area contributed by atoms with Crippen molar-refractivity contribution in [1.82, 2.24) is 14.9 Å². The smallest absolute Gasteiger partial charge is 0.337 e. The summed E-state index contributed by atoms with van der Waals surface area (Å²) >= 11 is 5.91. The number of rotatable bonds is 6. The minimum Gasteiger partial charge on any atom is -0.465 e. The van der Waals surface area contributed by atoms with Crippen LogP contribution in [0.15, 0.2) is 79.0 Å². The average Bonchev–Trinajstić information content (AvgIpc) is 3.43. The van der Waals surface area contributed by atoms with E-state index in [9.17, 15) is 4.79 Å². The summed E-state index contributed by atoms with van der Waals surface area (Å²) in [6, 6.07) is 23.9. The van der Waals surface area contributed by atoms with Gasteiger partial charge in [0.25, 0.3) is 0 Å². The van der Waals surface area contributed by atoms with Gasteiger partial charge in [0.1, 0.15) is 0 Å². The molecule has 5 rings (SSSR count). The minimum absolute atomic E-state index is 0.114. The van der Waals surface area contributed by atoms with Crippen LogP contribution >= 0.6 is 12.2 Å². The number of ether oxygens (including phenoxy) is 1. The molecular weight excluding hydrogens is 494 g/mol. The van der Waals surface area contributed by atoms with Gasteiger partial charge in [-0.1, -0.05) is 6.07 Å². The molecule has 8 heteroatoms. The van der Waals surface area contributed by atoms with Crippen molar-refractivity contribution >= 4 is 34.7 Å². The highest BCUT2D eigenvalue weighted by molar-refractivity contribution is 7.80. The summed E-state index contributed by atoms with van der Waals surface area (Å²) in [5.74, 6) is -0.349. The number of nitrogens with zero attached hydrogens (tertiary/aromatic N) is 4. The Labute approximate surface area is 228 Å². The molecule has 3 heterocycles. The fourth-order valence-corrected chi connectivity index (χ4v) is 5.56. The number of nitrogens with one attached hydrogen (secondary N) is 1. The second-order valence-corrected chi connectivity index (χ2v) is 9.99. The van der Waals surface area contributed by atoms with E-state index in [-0.39, 0.29) is 18.1 Å². The minimum atomic E-state index is -0.349. The van der Waals surface area contributed by atoms with E-state index in [4.69, 9.17) is 17.0 Å². The van der Waals surface area contributed by atoms with Gasteiger partial charge >= 0.3 is 5.97 Å². The van der Waals surface area contributed by atoms with E-state index < -0.39 is 0 Å². The van der Waals surface area contributed by atoms with E-state index in [0.29, 0.717) is 10.7 Å². The molecule has 1 aliphatic rings. The summed E-state index contributed by atoms with van der Waals surface area (Å²) in [4.78, 5) is 20.9. The van der Waals surface area contributed by atoms with E-state index in [0.717, 1.165) is 39.7 Å². The third-order valence-corrected chi connectivity index (χ3v) is 7.39. The second-order valence-electron chi connectivity index (χ2n) is 9.61. The van der Waals surface area contributed by atoms with E-state index in [2.05, 4.69) is 68.8 Å². The van der Waals surface area contributed by atoms with Crippen molar-refractivity contribution in [3.63, 3.8) is 0 Å². The Kier molecular flexibility index (Phi) is 6.91. The highest BCUT2D eigenvalue weighted by atomic mass is 32.1. The van der Waals surface area contributed by atoms with Gasteiger partial charge in [-0.25, -0.2) is 4.79 Å². The van der Waals surface area contributed by atoms with Crippen LogP contribution in [0.1, 0.15) is 45.1 Å². The first-order valence-corrected chi connectivity index (χ1v) is 12.9. The molecule has 0 unspecified atom stereocenters. The Hall–Kier alpha value is -4.17. The molecule has 0 aliphatic carbocycles. The summed E-state index contributed by atoms with van der Waals surface area (Å²) in [6.07, 6.45) is 1.82. The zero-order chi connectivity index (χ0) is 27.0. The summed E-state index contributed by atoms with van der Waals surface area (Å²) in [7, 11) is 5.45. The molecule has 194 valence electrons. The molecule has 1 N–H and O–H groups in total. The molecular formula is C30H31N5O2S. The van der Waals surface area contributed by atoms with Gasteiger partial charge in [-0.05, 0) is 98.4 Å². The number of esters is 1. The Morgan fingerprint density at radius 2 is 1.68 bits per heavy atom. The maximum atomic E-state index is 11.9. The van der Waals surface area contributed by atoms with Crippen molar-refractivity contribution in [2.45, 2.75) is 25.9 Å². The normalized spacial score (nSPS) is 16.9. The number of benzene rings is 2. The van der Waals surface area contributed by atoms with Gasteiger partial charge in [-0.15, -0.1) is 0 Å². The lowest BCUT2D eigenvalue weighted by atomic mass is 9.96. The van der Waals surface area contributed by atoms with Gasteiger partial charge in [-0.2, -0.15) is 0 Å². The lowest BCUT2D eigenvalue weighted by molar-refractivity contribution is 0.0600. The van der Waals surface area contributed by atoms with E-state index in [1.807, 2.05) is 50.6 Å². The van der Waals surface area contributed by atoms with Crippen LogP contribution < -0.4 is 15.1 Å². The topological polar surface area (TPSA) is 62.6 Å². The zero-order valence-corrected chi connectivity index (χ0v) is 23.0. The van der Waals surface area contributed by atoms with Crippen molar-refractivity contribution in [2.24, 2.45) is 0 Å². The first kappa shape index (κ1) is 25.5. The quantitative estimate of drug-likeness (QED) is 0.263. The molecule has 0 radical (unpaired) electrons.